The molecule has 3 rings (SSSR count). The van der Waals surface area contributed by atoms with Crippen LogP contribution in [0.3, 0.4) is 0 Å². The van der Waals surface area contributed by atoms with Crippen LogP contribution in [0.2, 0.25) is 0 Å². The molecule has 2 aliphatic heterocycles. The van der Waals surface area contributed by atoms with Gasteiger partial charge in [-0.3, -0.25) is 9.69 Å². The van der Waals surface area contributed by atoms with Gasteiger partial charge in [0, 0.05) is 18.6 Å². The molecule has 0 spiro atoms. The number of nitrogens with one attached hydrogen (secondary N) is 1. The maximum atomic E-state index is 12.1. The molecule has 1 N–H and O–H groups in total. The minimum Gasteiger partial charge on any atom is -0.347 e. The third kappa shape index (κ3) is 2.49. The largest absolute Gasteiger partial charge is 0.347 e. The van der Waals surface area contributed by atoms with Crippen LogP contribution in [-0.2, 0) is 0 Å². The lowest BCUT2D eigenvalue weighted by Gasteiger charge is -2.32. The van der Waals surface area contributed by atoms with Crippen LogP contribution in [0, 0.1) is 0 Å². The first kappa shape index (κ1) is 12.6. The predicted molar refractivity (Wildman–Crippen MR) is 77.1 cm³/mol. The van der Waals surface area contributed by atoms with Crippen molar-refractivity contribution in [3.8, 4) is 0 Å². The van der Waals surface area contributed by atoms with Gasteiger partial charge in [0.05, 0.1) is 8.66 Å². The van der Waals surface area contributed by atoms with Gasteiger partial charge in [0.1, 0.15) is 0 Å². The van der Waals surface area contributed by atoms with Crippen molar-refractivity contribution in [2.24, 2.45) is 0 Å². The first-order valence-corrected chi connectivity index (χ1v) is 8.15. The zero-order valence-corrected chi connectivity index (χ0v) is 12.6. The van der Waals surface area contributed by atoms with Gasteiger partial charge in [-0.2, -0.15) is 0 Å². The van der Waals surface area contributed by atoms with E-state index in [4.69, 9.17) is 0 Å². The summed E-state index contributed by atoms with van der Waals surface area (Å²) >= 11 is 4.90. The number of amides is 1. The minimum atomic E-state index is 0.0862. The Bertz CT molecular complexity index is 448. The maximum absolute atomic E-state index is 12.1. The Labute approximate surface area is 120 Å². The molecule has 3 nitrogen and oxygen atoms in total. The van der Waals surface area contributed by atoms with E-state index in [1.807, 2.05) is 12.1 Å². The average molecular weight is 329 g/mol. The number of halogens is 1. The fourth-order valence-electron chi connectivity index (χ4n) is 3.09. The molecule has 2 fully saturated rings. The van der Waals surface area contributed by atoms with Crippen molar-refractivity contribution in [3.63, 3.8) is 0 Å². The monoisotopic (exact) mass is 328 g/mol. The Morgan fingerprint density at radius 2 is 2.22 bits per heavy atom. The molecule has 2 atom stereocenters. The fraction of sp³-hybridized carbons (Fsp3) is 0.615. The highest BCUT2D eigenvalue weighted by molar-refractivity contribution is 9.11. The van der Waals surface area contributed by atoms with Crippen LogP contribution in [0.4, 0.5) is 0 Å². The second-order valence-corrected chi connectivity index (χ2v) is 7.53. The highest BCUT2D eigenvalue weighted by atomic mass is 79.9. The molecule has 2 saturated heterocycles. The topological polar surface area (TPSA) is 32.3 Å². The lowest BCUT2D eigenvalue weighted by Crippen LogP contribution is -2.46. The van der Waals surface area contributed by atoms with E-state index in [2.05, 4.69) is 26.1 Å². The number of piperidine rings is 1. The third-order valence-corrected chi connectivity index (χ3v) is 5.59. The number of carbonyl (C=O) groups excluding carboxylic acids is 1. The number of nitrogens with zero attached hydrogens (tertiary/aromatic N) is 1. The lowest BCUT2D eigenvalue weighted by atomic mass is 9.99. The van der Waals surface area contributed by atoms with Crippen LogP contribution in [-0.4, -0.2) is 36.0 Å². The highest BCUT2D eigenvalue weighted by Gasteiger charge is 2.36. The van der Waals surface area contributed by atoms with Crippen LogP contribution in [0.1, 0.15) is 35.4 Å². The zero-order chi connectivity index (χ0) is 12.5. The molecule has 2 unspecified atom stereocenters. The Morgan fingerprint density at radius 1 is 1.33 bits per heavy atom. The van der Waals surface area contributed by atoms with Crippen molar-refractivity contribution in [1.82, 2.24) is 10.2 Å². The van der Waals surface area contributed by atoms with E-state index in [9.17, 15) is 4.79 Å². The van der Waals surface area contributed by atoms with Gasteiger partial charge in [-0.05, 0) is 53.9 Å². The van der Waals surface area contributed by atoms with E-state index in [-0.39, 0.29) is 5.91 Å². The molecular weight excluding hydrogens is 312 g/mol. The minimum absolute atomic E-state index is 0.0862. The van der Waals surface area contributed by atoms with E-state index < -0.39 is 0 Å². The van der Waals surface area contributed by atoms with Crippen molar-refractivity contribution in [2.75, 3.05) is 13.1 Å². The molecule has 0 aromatic carbocycles. The Balaban J connectivity index is 1.64. The van der Waals surface area contributed by atoms with E-state index in [1.165, 1.54) is 37.1 Å². The number of hydrogen-bond donors (Lipinski definition) is 1. The van der Waals surface area contributed by atoms with Crippen LogP contribution in [0.15, 0.2) is 15.9 Å². The van der Waals surface area contributed by atoms with Crippen LogP contribution >= 0.6 is 27.3 Å². The molecule has 18 heavy (non-hydrogen) atoms. The van der Waals surface area contributed by atoms with Gasteiger partial charge in [-0.15, -0.1) is 11.3 Å². The van der Waals surface area contributed by atoms with Gasteiger partial charge in [-0.1, -0.05) is 6.42 Å². The van der Waals surface area contributed by atoms with Crippen molar-refractivity contribution < 1.29 is 4.79 Å². The molecule has 98 valence electrons. The van der Waals surface area contributed by atoms with Gasteiger partial charge < -0.3 is 5.32 Å². The second-order valence-electron chi connectivity index (χ2n) is 5.07. The third-order valence-electron chi connectivity index (χ3n) is 3.97. The van der Waals surface area contributed by atoms with Crippen LogP contribution in [0.25, 0.3) is 0 Å². The van der Waals surface area contributed by atoms with Gasteiger partial charge in [0.15, 0.2) is 0 Å². The quantitative estimate of drug-likeness (QED) is 0.905. The molecule has 0 radical (unpaired) electrons. The fourth-order valence-corrected chi connectivity index (χ4v) is 4.38. The second kappa shape index (κ2) is 5.31. The van der Waals surface area contributed by atoms with Crippen molar-refractivity contribution in [3.05, 3.63) is 20.8 Å². The molecule has 2 aliphatic rings. The van der Waals surface area contributed by atoms with Crippen molar-refractivity contribution in [2.45, 2.75) is 37.8 Å². The maximum Gasteiger partial charge on any atom is 0.261 e. The molecule has 0 aliphatic carbocycles. The summed E-state index contributed by atoms with van der Waals surface area (Å²) < 4.78 is 1.01. The number of thiophene rings is 1. The van der Waals surface area contributed by atoms with E-state index in [1.54, 1.807) is 0 Å². The summed E-state index contributed by atoms with van der Waals surface area (Å²) in [6, 6.07) is 4.74. The molecular formula is C13H17BrN2OS. The summed E-state index contributed by atoms with van der Waals surface area (Å²) in [5.41, 5.74) is 0. The number of fused-ring (bicyclic) bond motifs is 1. The molecule has 0 bridgehead atoms. The summed E-state index contributed by atoms with van der Waals surface area (Å²) in [5, 5.41) is 3.22. The van der Waals surface area contributed by atoms with Gasteiger partial charge >= 0.3 is 0 Å². The van der Waals surface area contributed by atoms with Crippen LogP contribution in [0.5, 0.6) is 0 Å². The predicted octanol–water partition coefficient (Wildman–Crippen LogP) is 2.87. The van der Waals surface area contributed by atoms with E-state index in [0.29, 0.717) is 12.1 Å². The average Bonchev–Trinajstić information content (AvgIpc) is 2.97. The normalized spacial score (nSPS) is 28.1. The van der Waals surface area contributed by atoms with Crippen LogP contribution < -0.4 is 5.32 Å². The zero-order valence-electron chi connectivity index (χ0n) is 10.2. The number of hydrogen-bond acceptors (Lipinski definition) is 3. The Kier molecular flexibility index (Phi) is 3.73. The summed E-state index contributed by atoms with van der Waals surface area (Å²) in [6.07, 6.45) is 4.95. The summed E-state index contributed by atoms with van der Waals surface area (Å²) in [6.45, 7) is 2.35. The molecule has 1 aromatic heterocycles. The van der Waals surface area contributed by atoms with E-state index in [0.717, 1.165) is 21.6 Å². The molecule has 1 aromatic rings. The van der Waals surface area contributed by atoms with E-state index >= 15 is 0 Å². The van der Waals surface area contributed by atoms with Crippen molar-refractivity contribution >= 4 is 33.2 Å². The smallest absolute Gasteiger partial charge is 0.261 e. The highest BCUT2D eigenvalue weighted by Crippen LogP contribution is 2.28. The molecule has 5 heteroatoms. The lowest BCUT2D eigenvalue weighted by molar-refractivity contribution is 0.0919. The Morgan fingerprint density at radius 3 is 3.00 bits per heavy atom. The molecule has 3 heterocycles. The number of carbonyl (C=O) groups is 1. The standard InChI is InChI=1S/C13H17BrN2OS/c14-12-5-4-11(18-12)13(17)15-9-6-8-16-7-2-1-3-10(9)16/h4-5,9-10H,1-3,6-8H2,(H,15,17). The van der Waals surface area contributed by atoms with Gasteiger partial charge in [0.2, 0.25) is 0 Å². The summed E-state index contributed by atoms with van der Waals surface area (Å²) in [7, 11) is 0. The van der Waals surface area contributed by atoms with Gasteiger partial charge in [0.25, 0.3) is 5.91 Å². The first-order valence-electron chi connectivity index (χ1n) is 6.54. The molecule has 1 amide bonds. The number of rotatable bonds is 2. The summed E-state index contributed by atoms with van der Waals surface area (Å²) in [4.78, 5) is 15.5. The molecule has 0 saturated carbocycles. The van der Waals surface area contributed by atoms with Crippen molar-refractivity contribution in [1.29, 1.82) is 0 Å². The van der Waals surface area contributed by atoms with Gasteiger partial charge in [-0.25, -0.2) is 0 Å². The Hall–Kier alpha value is -0.390. The first-order chi connectivity index (χ1) is 8.74. The summed E-state index contributed by atoms with van der Waals surface area (Å²) in [5.74, 6) is 0.0862. The SMILES string of the molecule is O=C(NC1CCN2CCCCC12)c1ccc(Br)s1.